The molecule has 0 radical (unpaired) electrons. The molecule has 1 aromatic heterocycles. The fourth-order valence-electron chi connectivity index (χ4n) is 7.81. The predicted molar refractivity (Wildman–Crippen MR) is 219 cm³/mol. The Hall–Kier alpha value is -5.03. The molecule has 7 atom stereocenters. The highest BCUT2D eigenvalue weighted by atomic mass is 16.2. The standard InChI is InChI=1S/C41H64N10O7/c1-5-25(4)35(49-39(56)33-16-11-18-50(33)40(57)28(43)13-8-9-17-42)41(58)51-19-10-15-32(51)38(55)46-23-34(52)47-31(20-24(2)3)37(54)48-30(36(44)53)21-26-22-45-29-14-7-6-12-27(26)29/h6-7,12,14,22,24-25,28,30-33,35,45H,5,8-11,13,15-21,23,42-43H2,1-4H3,(H2,44,53)(H,46,55)(H,47,52)(H,48,54)(H,49,56)/t25-,28-,30-,31-,32-,33-,35-/m0/s1. The Morgan fingerprint density at radius 2 is 1.52 bits per heavy atom. The van der Waals surface area contributed by atoms with E-state index in [1.165, 1.54) is 9.80 Å². The Balaban J connectivity index is 1.35. The van der Waals surface area contributed by atoms with Gasteiger partial charge >= 0.3 is 0 Å². The first-order valence-corrected chi connectivity index (χ1v) is 20.7. The van der Waals surface area contributed by atoms with Gasteiger partial charge in [0, 0.05) is 36.6 Å². The Morgan fingerprint density at radius 1 is 0.862 bits per heavy atom. The van der Waals surface area contributed by atoms with Gasteiger partial charge in [-0.2, -0.15) is 0 Å². The molecule has 2 aliphatic heterocycles. The number of likely N-dealkylation sites (tertiary alicyclic amines) is 2. The molecule has 2 aromatic rings. The summed E-state index contributed by atoms with van der Waals surface area (Å²) in [7, 11) is 0. The zero-order valence-corrected chi connectivity index (χ0v) is 34.4. The van der Waals surface area contributed by atoms with Gasteiger partial charge in [-0.05, 0) is 75.0 Å². The second kappa shape index (κ2) is 21.6. The molecule has 3 heterocycles. The molecular weight excluding hydrogens is 745 g/mol. The monoisotopic (exact) mass is 808 g/mol. The number of H-pyrrole nitrogens is 1. The second-order valence-corrected chi connectivity index (χ2v) is 16.1. The Kier molecular flexibility index (Phi) is 17.0. The van der Waals surface area contributed by atoms with Crippen LogP contribution in [0.2, 0.25) is 0 Å². The van der Waals surface area contributed by atoms with Gasteiger partial charge < -0.3 is 53.3 Å². The summed E-state index contributed by atoms with van der Waals surface area (Å²) in [6, 6.07) is 2.17. The average Bonchev–Trinajstić information content (AvgIpc) is 3.98. The molecule has 11 N–H and O–H groups in total. The average molecular weight is 809 g/mol. The number of nitrogens with two attached hydrogens (primary N) is 3. The molecule has 0 unspecified atom stereocenters. The van der Waals surface area contributed by atoms with Crippen molar-refractivity contribution in [1.82, 2.24) is 36.1 Å². The van der Waals surface area contributed by atoms with E-state index >= 15 is 0 Å². The van der Waals surface area contributed by atoms with Gasteiger partial charge in [0.25, 0.3) is 0 Å². The molecule has 320 valence electrons. The summed E-state index contributed by atoms with van der Waals surface area (Å²) in [6.45, 7) is 8.25. The van der Waals surface area contributed by atoms with E-state index < -0.39 is 78.2 Å². The number of nitrogens with one attached hydrogen (secondary N) is 5. The molecule has 58 heavy (non-hydrogen) atoms. The van der Waals surface area contributed by atoms with E-state index in [4.69, 9.17) is 17.2 Å². The summed E-state index contributed by atoms with van der Waals surface area (Å²) in [4.78, 5) is 99.7. The summed E-state index contributed by atoms with van der Waals surface area (Å²) in [6.07, 6.45) is 6.62. The number of benzene rings is 1. The molecule has 0 spiro atoms. The van der Waals surface area contributed by atoms with Crippen LogP contribution in [0.25, 0.3) is 10.9 Å². The largest absolute Gasteiger partial charge is 0.368 e. The molecule has 2 saturated heterocycles. The number of aromatic nitrogens is 1. The highest BCUT2D eigenvalue weighted by Gasteiger charge is 2.42. The maximum atomic E-state index is 14.1. The summed E-state index contributed by atoms with van der Waals surface area (Å²) < 4.78 is 0. The van der Waals surface area contributed by atoms with Crippen molar-refractivity contribution in [3.8, 4) is 0 Å². The van der Waals surface area contributed by atoms with Gasteiger partial charge in [-0.15, -0.1) is 0 Å². The van der Waals surface area contributed by atoms with E-state index in [9.17, 15) is 33.6 Å². The Morgan fingerprint density at radius 3 is 2.16 bits per heavy atom. The third-order valence-electron chi connectivity index (χ3n) is 11.3. The number of carbonyl (C=O) groups is 7. The van der Waals surface area contributed by atoms with Crippen LogP contribution in [0.5, 0.6) is 0 Å². The number of hydrogen-bond donors (Lipinski definition) is 8. The molecule has 7 amide bonds. The zero-order chi connectivity index (χ0) is 42.5. The Labute approximate surface area is 340 Å². The van der Waals surface area contributed by atoms with Crippen molar-refractivity contribution >= 4 is 52.3 Å². The first kappa shape index (κ1) is 45.7. The lowest BCUT2D eigenvalue weighted by Crippen LogP contribution is -2.59. The van der Waals surface area contributed by atoms with Gasteiger partial charge in [0.1, 0.15) is 30.2 Å². The van der Waals surface area contributed by atoms with E-state index in [0.29, 0.717) is 58.0 Å². The zero-order valence-electron chi connectivity index (χ0n) is 34.4. The summed E-state index contributed by atoms with van der Waals surface area (Å²) >= 11 is 0. The number of para-hydroxylation sites is 1. The van der Waals surface area contributed by atoms with Crippen LogP contribution in [0.1, 0.15) is 91.0 Å². The number of carbonyl (C=O) groups excluding carboxylic acids is 7. The summed E-state index contributed by atoms with van der Waals surface area (Å²) in [5.41, 5.74) is 19.1. The smallest absolute Gasteiger partial charge is 0.246 e. The van der Waals surface area contributed by atoms with E-state index in [2.05, 4.69) is 26.3 Å². The summed E-state index contributed by atoms with van der Waals surface area (Å²) in [5, 5.41) is 11.8. The van der Waals surface area contributed by atoms with Crippen molar-refractivity contribution in [3.63, 3.8) is 0 Å². The molecule has 4 rings (SSSR count). The molecule has 17 heteroatoms. The van der Waals surface area contributed by atoms with Crippen LogP contribution >= 0.6 is 0 Å². The van der Waals surface area contributed by atoms with Crippen LogP contribution in [0, 0.1) is 11.8 Å². The third kappa shape index (κ3) is 12.0. The quantitative estimate of drug-likeness (QED) is 0.0805. The highest BCUT2D eigenvalue weighted by Crippen LogP contribution is 2.24. The molecule has 0 saturated carbocycles. The molecular formula is C41H64N10O7. The number of nitrogens with zero attached hydrogens (tertiary/aromatic N) is 2. The fraction of sp³-hybridized carbons (Fsp3) is 0.634. The number of fused-ring (bicyclic) bond motifs is 1. The number of hydrogen-bond acceptors (Lipinski definition) is 9. The molecule has 2 aliphatic rings. The predicted octanol–water partition coefficient (Wildman–Crippen LogP) is 0.297. The second-order valence-electron chi connectivity index (χ2n) is 16.1. The van der Waals surface area contributed by atoms with Gasteiger partial charge in [0.15, 0.2) is 0 Å². The van der Waals surface area contributed by atoms with Crippen molar-refractivity contribution < 1.29 is 33.6 Å². The van der Waals surface area contributed by atoms with Crippen LogP contribution in [-0.4, -0.2) is 119 Å². The molecule has 2 fully saturated rings. The van der Waals surface area contributed by atoms with Gasteiger partial charge in [0.2, 0.25) is 41.4 Å². The van der Waals surface area contributed by atoms with E-state index in [1.807, 2.05) is 52.0 Å². The van der Waals surface area contributed by atoms with Crippen LogP contribution in [0.15, 0.2) is 30.5 Å². The third-order valence-corrected chi connectivity index (χ3v) is 11.3. The molecule has 1 aromatic carbocycles. The lowest BCUT2D eigenvalue weighted by atomic mass is 9.96. The van der Waals surface area contributed by atoms with Crippen LogP contribution in [-0.2, 0) is 40.0 Å². The minimum Gasteiger partial charge on any atom is -0.368 e. The van der Waals surface area contributed by atoms with Crippen LogP contribution in [0.3, 0.4) is 0 Å². The normalized spacial score (nSPS) is 19.3. The van der Waals surface area contributed by atoms with E-state index in [1.54, 1.807) is 6.20 Å². The van der Waals surface area contributed by atoms with Crippen LogP contribution in [0.4, 0.5) is 0 Å². The van der Waals surface area contributed by atoms with E-state index in [0.717, 1.165) is 22.9 Å². The molecule has 0 bridgehead atoms. The molecule has 17 nitrogen and oxygen atoms in total. The first-order chi connectivity index (χ1) is 27.7. The minimum absolute atomic E-state index is 0.00966. The summed E-state index contributed by atoms with van der Waals surface area (Å²) in [5.74, 6) is -3.91. The van der Waals surface area contributed by atoms with Gasteiger partial charge in [-0.1, -0.05) is 58.7 Å². The van der Waals surface area contributed by atoms with Gasteiger partial charge in [0.05, 0.1) is 12.6 Å². The topological polar surface area (TPSA) is 268 Å². The van der Waals surface area contributed by atoms with Crippen molar-refractivity contribution in [3.05, 3.63) is 36.0 Å². The molecule has 0 aliphatic carbocycles. The van der Waals surface area contributed by atoms with Crippen molar-refractivity contribution in [2.45, 2.75) is 128 Å². The number of primary amides is 1. The lowest BCUT2D eigenvalue weighted by Gasteiger charge is -2.33. The maximum absolute atomic E-state index is 14.1. The fourth-order valence-corrected chi connectivity index (χ4v) is 7.81. The number of aromatic amines is 1. The minimum atomic E-state index is -1.04. The number of amides is 7. The first-order valence-electron chi connectivity index (χ1n) is 20.7. The number of rotatable bonds is 21. The Bertz CT molecular complexity index is 1760. The van der Waals surface area contributed by atoms with Gasteiger partial charge in [-0.3, -0.25) is 33.6 Å². The number of unbranched alkanes of at least 4 members (excludes halogenated alkanes) is 1. The van der Waals surface area contributed by atoms with Gasteiger partial charge in [-0.25, -0.2) is 0 Å². The lowest BCUT2D eigenvalue weighted by molar-refractivity contribution is -0.144. The SMILES string of the molecule is CC[C@H](C)[C@H](NC(=O)[C@@H]1CCCN1C(=O)[C@@H](N)CCCCN)C(=O)N1CCC[C@H]1C(=O)NCC(=O)N[C@@H](CC(C)C)C(=O)N[C@@H](Cc1c[nH]c2ccccc12)C(N)=O. The highest BCUT2D eigenvalue weighted by molar-refractivity contribution is 5.97. The van der Waals surface area contributed by atoms with Crippen molar-refractivity contribution in [1.29, 1.82) is 0 Å². The van der Waals surface area contributed by atoms with E-state index in [-0.39, 0.29) is 37.1 Å². The maximum Gasteiger partial charge on any atom is 0.246 e. The van der Waals surface area contributed by atoms with Crippen molar-refractivity contribution in [2.24, 2.45) is 29.0 Å². The van der Waals surface area contributed by atoms with Crippen LogP contribution < -0.4 is 38.5 Å². The van der Waals surface area contributed by atoms with Crippen molar-refractivity contribution in [2.75, 3.05) is 26.2 Å².